The number of nitrogens with one attached hydrogen (secondary N) is 2. The predicted molar refractivity (Wildman–Crippen MR) is 117 cm³/mol. The summed E-state index contributed by atoms with van der Waals surface area (Å²) in [5, 5.41) is 15.0. The molecule has 0 bridgehead atoms. The first-order valence-electron chi connectivity index (χ1n) is 8.80. The van der Waals surface area contributed by atoms with Gasteiger partial charge in [0.05, 0.1) is 12.3 Å². The van der Waals surface area contributed by atoms with E-state index in [0.717, 1.165) is 20.2 Å². The molecule has 0 saturated carbocycles. The van der Waals surface area contributed by atoms with E-state index in [0.29, 0.717) is 24.0 Å². The molecule has 0 fully saturated rings. The topological polar surface area (TPSA) is 85.4 Å². The van der Waals surface area contributed by atoms with E-state index in [4.69, 9.17) is 9.47 Å². The van der Waals surface area contributed by atoms with E-state index in [2.05, 4.69) is 36.8 Å². The molecule has 4 rings (SSSR count). The molecule has 150 valence electrons. The summed E-state index contributed by atoms with van der Waals surface area (Å²) in [5.74, 6) is 1.60. The van der Waals surface area contributed by atoms with Crippen LogP contribution in [-0.2, 0) is 4.79 Å². The van der Waals surface area contributed by atoms with Crippen molar-refractivity contribution in [2.45, 2.75) is 10.4 Å². The fraction of sp³-hybridized carbons (Fsp3) is 0.211. The minimum atomic E-state index is -0.207. The molecule has 1 aliphatic rings. The first kappa shape index (κ1) is 20.0. The number of anilines is 2. The molecule has 2 aromatic carbocycles. The van der Waals surface area contributed by atoms with Crippen LogP contribution in [0.3, 0.4) is 0 Å². The van der Waals surface area contributed by atoms with Crippen LogP contribution in [0.15, 0.2) is 57.3 Å². The molecule has 1 unspecified atom stereocenters. The van der Waals surface area contributed by atoms with E-state index >= 15 is 0 Å². The summed E-state index contributed by atoms with van der Waals surface area (Å²) in [6.45, 7) is 0.797. The van der Waals surface area contributed by atoms with Crippen LogP contribution < -0.4 is 20.1 Å². The van der Waals surface area contributed by atoms with Crippen LogP contribution in [0.4, 0.5) is 10.8 Å². The summed E-state index contributed by atoms with van der Waals surface area (Å²) < 4.78 is 13.2. The minimum Gasteiger partial charge on any atom is -0.486 e. The fourth-order valence-electron chi connectivity index (χ4n) is 2.58. The molecule has 2 heterocycles. The number of carbonyl (C=O) groups is 1. The highest BCUT2D eigenvalue weighted by Gasteiger charge is 2.21. The lowest BCUT2D eigenvalue weighted by atomic mass is 10.2. The molecule has 0 radical (unpaired) electrons. The number of benzene rings is 2. The van der Waals surface area contributed by atoms with Gasteiger partial charge in [0.1, 0.15) is 12.7 Å². The number of thioether (sulfide) groups is 1. The van der Waals surface area contributed by atoms with Gasteiger partial charge < -0.3 is 20.1 Å². The second-order valence-corrected chi connectivity index (χ2v) is 9.21. The van der Waals surface area contributed by atoms with Gasteiger partial charge in [-0.05, 0) is 30.3 Å². The third-order valence-corrected chi connectivity index (χ3v) is 6.37. The number of rotatable bonds is 7. The van der Waals surface area contributed by atoms with Crippen LogP contribution in [0.25, 0.3) is 0 Å². The summed E-state index contributed by atoms with van der Waals surface area (Å²) in [4.78, 5) is 12.1. The van der Waals surface area contributed by atoms with E-state index in [1.165, 1.54) is 23.1 Å². The van der Waals surface area contributed by atoms with Gasteiger partial charge in [-0.3, -0.25) is 4.79 Å². The lowest BCUT2D eigenvalue weighted by Crippen LogP contribution is -2.41. The minimum absolute atomic E-state index is 0.0887. The maximum atomic E-state index is 12.1. The zero-order chi connectivity index (χ0) is 20.1. The molecule has 1 atom stereocenters. The number of hydrogen-bond donors (Lipinski definition) is 2. The van der Waals surface area contributed by atoms with Crippen molar-refractivity contribution in [3.8, 4) is 11.5 Å². The second-order valence-electron chi connectivity index (χ2n) is 6.10. The van der Waals surface area contributed by atoms with Crippen molar-refractivity contribution >= 4 is 55.8 Å². The third-order valence-electron chi connectivity index (χ3n) is 3.90. The molecule has 2 N–H and O–H groups in total. The van der Waals surface area contributed by atoms with E-state index in [9.17, 15) is 4.79 Å². The number of carbonyl (C=O) groups excluding carboxylic acids is 1. The Bertz CT molecular complexity index is 1000. The van der Waals surface area contributed by atoms with Crippen LogP contribution in [0.2, 0.25) is 0 Å². The number of fused-ring (bicyclic) bond motifs is 1. The number of aromatic nitrogens is 2. The molecule has 3 aromatic rings. The smallest absolute Gasteiger partial charge is 0.230 e. The van der Waals surface area contributed by atoms with Gasteiger partial charge in [0.15, 0.2) is 15.8 Å². The van der Waals surface area contributed by atoms with Gasteiger partial charge in [0, 0.05) is 10.2 Å². The van der Waals surface area contributed by atoms with Crippen molar-refractivity contribution in [1.82, 2.24) is 15.5 Å². The first-order chi connectivity index (χ1) is 14.2. The third kappa shape index (κ3) is 5.62. The summed E-state index contributed by atoms with van der Waals surface area (Å²) >= 11 is 6.19. The highest BCUT2D eigenvalue weighted by molar-refractivity contribution is 9.10. The van der Waals surface area contributed by atoms with Crippen LogP contribution in [0.1, 0.15) is 0 Å². The normalized spacial score (nSPS) is 15.0. The van der Waals surface area contributed by atoms with Gasteiger partial charge in [-0.1, -0.05) is 57.2 Å². The SMILES string of the molecule is O=C(CSc1nnc(Nc2cccc(Br)c2)s1)NCC1COc2ccccc2O1. The van der Waals surface area contributed by atoms with Crippen LogP contribution in [0.5, 0.6) is 11.5 Å². The van der Waals surface area contributed by atoms with E-state index in [1.54, 1.807) is 0 Å². The van der Waals surface area contributed by atoms with Gasteiger partial charge in [-0.25, -0.2) is 0 Å². The number of para-hydroxylation sites is 2. The van der Waals surface area contributed by atoms with Gasteiger partial charge in [0.2, 0.25) is 11.0 Å². The molecular formula is C19H17BrN4O3S2. The summed E-state index contributed by atoms with van der Waals surface area (Å²) in [6, 6.07) is 15.3. The Morgan fingerprint density at radius 2 is 2.07 bits per heavy atom. The molecule has 1 aromatic heterocycles. The lowest BCUT2D eigenvalue weighted by Gasteiger charge is -2.26. The molecule has 29 heavy (non-hydrogen) atoms. The van der Waals surface area contributed by atoms with E-state index in [-0.39, 0.29) is 17.8 Å². The van der Waals surface area contributed by atoms with E-state index in [1.807, 2.05) is 48.5 Å². The van der Waals surface area contributed by atoms with Gasteiger partial charge in [-0.15, -0.1) is 10.2 Å². The highest BCUT2D eigenvalue weighted by atomic mass is 79.9. The molecule has 7 nitrogen and oxygen atoms in total. The van der Waals surface area contributed by atoms with Crippen molar-refractivity contribution in [3.05, 3.63) is 53.0 Å². The lowest BCUT2D eigenvalue weighted by molar-refractivity contribution is -0.119. The molecular weight excluding hydrogens is 476 g/mol. The summed E-state index contributed by atoms with van der Waals surface area (Å²) in [6.07, 6.45) is -0.207. The maximum Gasteiger partial charge on any atom is 0.230 e. The molecule has 1 amide bonds. The van der Waals surface area contributed by atoms with Crippen molar-refractivity contribution in [3.63, 3.8) is 0 Å². The largest absolute Gasteiger partial charge is 0.486 e. The van der Waals surface area contributed by atoms with Crippen molar-refractivity contribution in [2.75, 3.05) is 24.2 Å². The standard InChI is InChI=1S/C19H17BrN4O3S2/c20-12-4-3-5-13(8-12)22-18-23-24-19(29-18)28-11-17(25)21-9-14-10-26-15-6-1-2-7-16(15)27-14/h1-8,14H,9-11H2,(H,21,25)(H,22,23). The van der Waals surface area contributed by atoms with Crippen molar-refractivity contribution in [1.29, 1.82) is 0 Å². The van der Waals surface area contributed by atoms with Crippen molar-refractivity contribution in [2.24, 2.45) is 0 Å². The molecule has 0 spiro atoms. The Hall–Kier alpha value is -2.30. The van der Waals surface area contributed by atoms with E-state index < -0.39 is 0 Å². The average molecular weight is 493 g/mol. The van der Waals surface area contributed by atoms with Crippen molar-refractivity contribution < 1.29 is 14.3 Å². The van der Waals surface area contributed by atoms with Crippen LogP contribution >= 0.6 is 39.0 Å². The Kier molecular flexibility index (Phi) is 6.53. The highest BCUT2D eigenvalue weighted by Crippen LogP contribution is 2.31. The maximum absolute atomic E-state index is 12.1. The second kappa shape index (κ2) is 9.47. The quantitative estimate of drug-likeness (QED) is 0.480. The molecule has 1 aliphatic heterocycles. The summed E-state index contributed by atoms with van der Waals surface area (Å²) in [7, 11) is 0. The Balaban J connectivity index is 1.21. The van der Waals surface area contributed by atoms with Crippen LogP contribution in [0, 0.1) is 0 Å². The number of hydrogen-bond acceptors (Lipinski definition) is 8. The monoisotopic (exact) mass is 492 g/mol. The van der Waals surface area contributed by atoms with Gasteiger partial charge in [-0.2, -0.15) is 0 Å². The fourth-order valence-corrected chi connectivity index (χ4v) is 4.58. The zero-order valence-corrected chi connectivity index (χ0v) is 18.4. The number of nitrogens with zero attached hydrogens (tertiary/aromatic N) is 2. The average Bonchev–Trinajstić information content (AvgIpc) is 3.18. The van der Waals surface area contributed by atoms with Crippen LogP contribution in [-0.4, -0.2) is 41.1 Å². The number of amides is 1. The zero-order valence-electron chi connectivity index (χ0n) is 15.1. The Labute approximate surface area is 184 Å². The predicted octanol–water partition coefficient (Wildman–Crippen LogP) is 4.09. The molecule has 0 saturated heterocycles. The Morgan fingerprint density at radius 3 is 2.93 bits per heavy atom. The van der Waals surface area contributed by atoms with Gasteiger partial charge in [0.25, 0.3) is 0 Å². The number of ether oxygens (including phenoxy) is 2. The molecule has 0 aliphatic carbocycles. The molecule has 10 heteroatoms. The first-order valence-corrected chi connectivity index (χ1v) is 11.4. The summed E-state index contributed by atoms with van der Waals surface area (Å²) in [5.41, 5.74) is 0.918. The van der Waals surface area contributed by atoms with Gasteiger partial charge >= 0.3 is 0 Å². The number of halogens is 1. The Morgan fingerprint density at radius 1 is 1.21 bits per heavy atom.